The first kappa shape index (κ1) is 14.4. The van der Waals surface area contributed by atoms with Gasteiger partial charge in [0.1, 0.15) is 5.75 Å². The molecule has 1 aliphatic rings. The predicted octanol–water partition coefficient (Wildman–Crippen LogP) is 4.23. The van der Waals surface area contributed by atoms with Gasteiger partial charge in [-0.3, -0.25) is 0 Å². The predicted molar refractivity (Wildman–Crippen MR) is 80.5 cm³/mol. The molecule has 1 heterocycles. The number of rotatable bonds is 6. The summed E-state index contributed by atoms with van der Waals surface area (Å²) in [4.78, 5) is 0. The summed E-state index contributed by atoms with van der Waals surface area (Å²) < 4.78 is 5.67. The Bertz CT molecular complexity index is 396. The first-order valence-electron chi connectivity index (χ1n) is 7.77. The second kappa shape index (κ2) is 6.95. The molecule has 2 nitrogen and oxygen atoms in total. The molecule has 0 saturated heterocycles. The average molecular weight is 261 g/mol. The second-order valence-corrected chi connectivity index (χ2v) is 5.68. The second-order valence-electron chi connectivity index (χ2n) is 5.68. The van der Waals surface area contributed by atoms with Gasteiger partial charge in [0.2, 0.25) is 0 Å². The molecule has 106 valence electrons. The van der Waals surface area contributed by atoms with Crippen molar-refractivity contribution in [2.24, 2.45) is 11.7 Å². The van der Waals surface area contributed by atoms with E-state index >= 15 is 0 Å². The van der Waals surface area contributed by atoms with Crippen molar-refractivity contribution < 1.29 is 4.74 Å². The zero-order valence-corrected chi connectivity index (χ0v) is 12.3. The topological polar surface area (TPSA) is 35.2 Å². The summed E-state index contributed by atoms with van der Waals surface area (Å²) in [5, 5.41) is 0. The molecule has 1 aromatic rings. The Hall–Kier alpha value is -1.02. The fourth-order valence-corrected chi connectivity index (χ4v) is 3.10. The quantitative estimate of drug-likeness (QED) is 0.831. The molecule has 0 spiro atoms. The minimum absolute atomic E-state index is 0.173. The van der Waals surface area contributed by atoms with Crippen LogP contribution in [0.5, 0.6) is 5.75 Å². The molecule has 2 rings (SSSR count). The Labute approximate surface area is 117 Å². The third-order valence-electron chi connectivity index (χ3n) is 4.14. The van der Waals surface area contributed by atoms with E-state index in [9.17, 15) is 0 Å². The van der Waals surface area contributed by atoms with Crippen molar-refractivity contribution in [2.75, 3.05) is 6.61 Å². The van der Waals surface area contributed by atoms with E-state index in [1.807, 2.05) is 0 Å². The Kier molecular flexibility index (Phi) is 5.26. The molecule has 2 N–H and O–H groups in total. The molecule has 0 aromatic heterocycles. The monoisotopic (exact) mass is 261 g/mol. The molecule has 0 radical (unpaired) electrons. The molecular formula is C17H27NO. The highest BCUT2D eigenvalue weighted by atomic mass is 16.5. The van der Waals surface area contributed by atoms with E-state index in [4.69, 9.17) is 10.5 Å². The number of hydrogen-bond donors (Lipinski definition) is 1. The van der Waals surface area contributed by atoms with Gasteiger partial charge < -0.3 is 10.5 Å². The Morgan fingerprint density at radius 3 is 2.63 bits per heavy atom. The molecule has 19 heavy (non-hydrogen) atoms. The lowest BCUT2D eigenvalue weighted by Crippen LogP contribution is -2.22. The van der Waals surface area contributed by atoms with Gasteiger partial charge in [-0.05, 0) is 48.8 Å². The van der Waals surface area contributed by atoms with Crippen molar-refractivity contribution in [3.8, 4) is 5.75 Å². The Morgan fingerprint density at radius 2 is 1.95 bits per heavy atom. The van der Waals surface area contributed by atoms with Crippen LogP contribution < -0.4 is 10.5 Å². The molecule has 1 atom stereocenters. The molecule has 0 aliphatic carbocycles. The van der Waals surface area contributed by atoms with E-state index in [1.165, 1.54) is 36.8 Å². The normalized spacial score (nSPS) is 16.0. The van der Waals surface area contributed by atoms with Crippen LogP contribution in [0.25, 0.3) is 0 Å². The number of ether oxygens (including phenoxy) is 1. The van der Waals surface area contributed by atoms with Crippen molar-refractivity contribution in [1.29, 1.82) is 0 Å². The fraction of sp³-hybridized carbons (Fsp3) is 0.647. The Balaban J connectivity index is 2.15. The first-order chi connectivity index (χ1) is 9.26. The molecule has 1 aromatic carbocycles. The van der Waals surface area contributed by atoms with E-state index in [-0.39, 0.29) is 6.04 Å². The van der Waals surface area contributed by atoms with Gasteiger partial charge in [-0.15, -0.1) is 0 Å². The Morgan fingerprint density at radius 1 is 1.21 bits per heavy atom. The van der Waals surface area contributed by atoms with E-state index in [1.54, 1.807) is 0 Å². The summed E-state index contributed by atoms with van der Waals surface area (Å²) in [6.45, 7) is 5.35. The molecular weight excluding hydrogens is 234 g/mol. The smallest absolute Gasteiger partial charge is 0.122 e. The van der Waals surface area contributed by atoms with Crippen LogP contribution in [0.1, 0.15) is 63.1 Å². The molecule has 0 amide bonds. The van der Waals surface area contributed by atoms with Gasteiger partial charge in [0.15, 0.2) is 0 Å². The van der Waals surface area contributed by atoms with Gasteiger partial charge in [0, 0.05) is 6.04 Å². The maximum absolute atomic E-state index is 6.50. The van der Waals surface area contributed by atoms with Gasteiger partial charge in [0.25, 0.3) is 0 Å². The summed E-state index contributed by atoms with van der Waals surface area (Å²) in [5.74, 6) is 1.67. The minimum Gasteiger partial charge on any atom is -0.493 e. The zero-order valence-electron chi connectivity index (χ0n) is 12.3. The highest BCUT2D eigenvalue weighted by molar-refractivity contribution is 5.39. The summed E-state index contributed by atoms with van der Waals surface area (Å²) in [6, 6.07) is 6.72. The van der Waals surface area contributed by atoms with Crippen LogP contribution in [0.15, 0.2) is 18.2 Å². The van der Waals surface area contributed by atoms with Gasteiger partial charge in [0.05, 0.1) is 6.61 Å². The lowest BCUT2D eigenvalue weighted by atomic mass is 9.86. The van der Waals surface area contributed by atoms with Crippen molar-refractivity contribution in [1.82, 2.24) is 0 Å². The van der Waals surface area contributed by atoms with Crippen molar-refractivity contribution in [3.63, 3.8) is 0 Å². The largest absolute Gasteiger partial charge is 0.493 e. The van der Waals surface area contributed by atoms with Crippen LogP contribution in [0.3, 0.4) is 0 Å². The summed E-state index contributed by atoms with van der Waals surface area (Å²) in [6.07, 6.45) is 7.13. The highest BCUT2D eigenvalue weighted by Gasteiger charge is 2.20. The summed E-state index contributed by atoms with van der Waals surface area (Å²) in [7, 11) is 0. The van der Waals surface area contributed by atoms with Gasteiger partial charge in [-0.25, -0.2) is 0 Å². The van der Waals surface area contributed by atoms with Crippen LogP contribution in [-0.2, 0) is 6.42 Å². The van der Waals surface area contributed by atoms with Gasteiger partial charge >= 0.3 is 0 Å². The standard InChI is InChI=1S/C17H27NO/c1-3-6-13(7-4-2)17(18)15-9-10-16-14(12-15)8-5-11-19-16/h9-10,12-13,17H,3-8,11,18H2,1-2H3. The molecule has 1 aliphatic heterocycles. The van der Waals surface area contributed by atoms with Crippen molar-refractivity contribution in [2.45, 2.75) is 58.4 Å². The van der Waals surface area contributed by atoms with Crippen LogP contribution in [0, 0.1) is 5.92 Å². The van der Waals surface area contributed by atoms with E-state index in [0.29, 0.717) is 5.92 Å². The molecule has 0 fully saturated rings. The van der Waals surface area contributed by atoms with Gasteiger partial charge in [-0.1, -0.05) is 38.8 Å². The van der Waals surface area contributed by atoms with Crippen LogP contribution in [-0.4, -0.2) is 6.61 Å². The van der Waals surface area contributed by atoms with Crippen molar-refractivity contribution >= 4 is 0 Å². The fourth-order valence-electron chi connectivity index (χ4n) is 3.10. The zero-order chi connectivity index (χ0) is 13.7. The van der Waals surface area contributed by atoms with Crippen LogP contribution in [0.4, 0.5) is 0 Å². The number of nitrogens with two attached hydrogens (primary N) is 1. The molecule has 1 unspecified atom stereocenters. The van der Waals surface area contributed by atoms with E-state index in [0.717, 1.165) is 25.2 Å². The number of fused-ring (bicyclic) bond motifs is 1. The molecule has 0 saturated carbocycles. The SMILES string of the molecule is CCCC(CCC)C(N)c1ccc2c(c1)CCCO2. The third kappa shape index (κ3) is 3.50. The summed E-state index contributed by atoms with van der Waals surface area (Å²) >= 11 is 0. The van der Waals surface area contributed by atoms with Gasteiger partial charge in [-0.2, -0.15) is 0 Å². The summed E-state index contributed by atoms with van der Waals surface area (Å²) in [5.41, 5.74) is 9.13. The third-order valence-corrected chi connectivity index (χ3v) is 4.14. The number of benzene rings is 1. The van der Waals surface area contributed by atoms with Crippen LogP contribution >= 0.6 is 0 Å². The molecule has 0 bridgehead atoms. The number of hydrogen-bond acceptors (Lipinski definition) is 2. The minimum atomic E-state index is 0.173. The average Bonchev–Trinajstić information content (AvgIpc) is 2.46. The van der Waals surface area contributed by atoms with E-state index in [2.05, 4.69) is 32.0 Å². The molecule has 2 heteroatoms. The van der Waals surface area contributed by atoms with Crippen molar-refractivity contribution in [3.05, 3.63) is 29.3 Å². The highest BCUT2D eigenvalue weighted by Crippen LogP contribution is 2.32. The lowest BCUT2D eigenvalue weighted by molar-refractivity contribution is 0.287. The lowest BCUT2D eigenvalue weighted by Gasteiger charge is -2.25. The first-order valence-corrected chi connectivity index (χ1v) is 7.77. The van der Waals surface area contributed by atoms with E-state index < -0.39 is 0 Å². The maximum Gasteiger partial charge on any atom is 0.122 e. The maximum atomic E-state index is 6.50. The number of aryl methyl sites for hydroxylation is 1. The van der Waals surface area contributed by atoms with Crippen LogP contribution in [0.2, 0.25) is 0 Å².